The highest BCUT2D eigenvalue weighted by atomic mass is 16.3. The van der Waals surface area contributed by atoms with Gasteiger partial charge in [-0.1, -0.05) is 121 Å². The van der Waals surface area contributed by atoms with Gasteiger partial charge in [-0.15, -0.1) is 0 Å². The molecule has 0 saturated carbocycles. The van der Waals surface area contributed by atoms with Gasteiger partial charge in [0.15, 0.2) is 0 Å². The van der Waals surface area contributed by atoms with Gasteiger partial charge in [-0.3, -0.25) is 9.80 Å². The Morgan fingerprint density at radius 2 is 0.621 bits per heavy atom. The zero-order valence-corrected chi connectivity index (χ0v) is 33.6. The summed E-state index contributed by atoms with van der Waals surface area (Å²) in [5, 5.41) is 12.1. The SMILES string of the molecule is Cn1cc(CN(Cc2cn(C)c(-c3ccccc3)n2)CC(O)CN(Cc2cn(C)c(-c3ccccc3)n2)Cc2cn(C)c(-c3ccccc3)n2)nc1-c1ccccc1. The van der Waals surface area contributed by atoms with Crippen LogP contribution in [0.2, 0.25) is 0 Å². The summed E-state index contributed by atoms with van der Waals surface area (Å²) in [5.74, 6) is 3.62. The maximum absolute atomic E-state index is 12.1. The Kier molecular flexibility index (Phi) is 11.5. The number of imidazole rings is 4. The predicted octanol–water partition coefficient (Wildman–Crippen LogP) is 7.35. The summed E-state index contributed by atoms with van der Waals surface area (Å²) in [5.41, 5.74) is 7.94. The number of hydrogen-bond acceptors (Lipinski definition) is 7. The molecule has 0 aliphatic carbocycles. The molecule has 8 aromatic rings. The van der Waals surface area contributed by atoms with Crippen LogP contribution < -0.4 is 0 Å². The Balaban J connectivity index is 1.06. The van der Waals surface area contributed by atoms with Crippen molar-refractivity contribution in [3.8, 4) is 45.6 Å². The monoisotopic (exact) mass is 770 g/mol. The molecular weight excluding hydrogens is 721 g/mol. The first-order valence-corrected chi connectivity index (χ1v) is 19.7. The molecule has 0 fully saturated rings. The van der Waals surface area contributed by atoms with Gasteiger partial charge in [0.2, 0.25) is 0 Å². The van der Waals surface area contributed by atoms with Gasteiger partial charge in [-0.2, -0.15) is 0 Å². The maximum atomic E-state index is 12.1. The van der Waals surface area contributed by atoms with Crippen LogP contribution in [0, 0.1) is 0 Å². The molecule has 4 aromatic heterocycles. The van der Waals surface area contributed by atoms with Crippen LogP contribution in [0.25, 0.3) is 45.6 Å². The Morgan fingerprint density at radius 3 is 0.845 bits per heavy atom. The van der Waals surface area contributed by atoms with Crippen LogP contribution in [0.5, 0.6) is 0 Å². The van der Waals surface area contributed by atoms with Gasteiger partial charge in [0.1, 0.15) is 23.3 Å². The fourth-order valence-electron chi connectivity index (χ4n) is 7.78. The summed E-state index contributed by atoms with van der Waals surface area (Å²) in [6.07, 6.45) is 7.62. The molecule has 0 amide bonds. The smallest absolute Gasteiger partial charge is 0.140 e. The van der Waals surface area contributed by atoms with Crippen molar-refractivity contribution in [1.29, 1.82) is 0 Å². The topological polar surface area (TPSA) is 98.0 Å². The minimum absolute atomic E-state index is 0.403. The Bertz CT molecular complexity index is 2190. The first-order valence-electron chi connectivity index (χ1n) is 19.7. The number of aromatic nitrogens is 8. The van der Waals surface area contributed by atoms with Gasteiger partial charge in [-0.05, 0) is 0 Å². The molecule has 0 radical (unpaired) electrons. The zero-order valence-electron chi connectivity index (χ0n) is 33.6. The minimum Gasteiger partial charge on any atom is -0.390 e. The largest absolute Gasteiger partial charge is 0.390 e. The van der Waals surface area contributed by atoms with Crippen LogP contribution in [-0.2, 0) is 54.4 Å². The van der Waals surface area contributed by atoms with Crippen molar-refractivity contribution >= 4 is 0 Å². The standard InChI is InChI=1S/C47H50N10O/c1-52-25-39(48-44(52)35-17-9-5-10-18-35)29-56(30-40-26-53(2)45(49-40)36-19-11-6-12-20-36)33-43(58)34-57(31-41-27-54(3)46(50-41)37-21-13-7-14-22-37)32-42-28-55(4)47(51-42)38-23-15-8-16-24-38/h5-28,43,58H,29-34H2,1-4H3. The summed E-state index contributed by atoms with van der Waals surface area (Å²) < 4.78 is 8.29. The summed E-state index contributed by atoms with van der Waals surface area (Å²) in [7, 11) is 8.12. The fraction of sp³-hybridized carbons (Fsp3) is 0.234. The number of aliphatic hydroxyl groups is 1. The van der Waals surface area contributed by atoms with E-state index >= 15 is 0 Å². The average molecular weight is 771 g/mol. The lowest BCUT2D eigenvalue weighted by molar-refractivity contribution is 0.0616. The molecule has 0 unspecified atom stereocenters. The minimum atomic E-state index is -0.704. The van der Waals surface area contributed by atoms with Crippen LogP contribution in [0.15, 0.2) is 146 Å². The molecule has 0 saturated heterocycles. The molecule has 58 heavy (non-hydrogen) atoms. The van der Waals surface area contributed by atoms with E-state index in [-0.39, 0.29) is 0 Å². The lowest BCUT2D eigenvalue weighted by atomic mass is 10.2. The summed E-state index contributed by atoms with van der Waals surface area (Å²) >= 11 is 0. The van der Waals surface area contributed by atoms with Gasteiger partial charge < -0.3 is 23.4 Å². The van der Waals surface area contributed by atoms with Gasteiger partial charge in [0, 0.05) is 115 Å². The molecule has 294 valence electrons. The normalized spacial score (nSPS) is 11.7. The van der Waals surface area contributed by atoms with E-state index in [0.29, 0.717) is 39.3 Å². The molecule has 0 spiro atoms. The summed E-state index contributed by atoms with van der Waals surface area (Å²) in [6, 6.07) is 41.0. The van der Waals surface area contributed by atoms with E-state index in [4.69, 9.17) is 19.9 Å². The second-order valence-electron chi connectivity index (χ2n) is 15.1. The highest BCUT2D eigenvalue weighted by Gasteiger charge is 2.22. The van der Waals surface area contributed by atoms with Crippen LogP contribution in [0.3, 0.4) is 0 Å². The van der Waals surface area contributed by atoms with Crippen molar-refractivity contribution in [3.63, 3.8) is 0 Å². The molecular formula is C47H50N10O. The highest BCUT2D eigenvalue weighted by Crippen LogP contribution is 2.24. The van der Waals surface area contributed by atoms with E-state index in [0.717, 1.165) is 68.3 Å². The molecule has 0 atom stereocenters. The van der Waals surface area contributed by atoms with Crippen molar-refractivity contribution in [2.75, 3.05) is 13.1 Å². The Hall–Kier alpha value is -6.40. The van der Waals surface area contributed by atoms with Gasteiger partial charge in [-0.25, -0.2) is 19.9 Å². The summed E-state index contributed by atoms with van der Waals surface area (Å²) in [6.45, 7) is 2.96. The molecule has 11 nitrogen and oxygen atoms in total. The maximum Gasteiger partial charge on any atom is 0.140 e. The van der Waals surface area contributed by atoms with E-state index in [1.165, 1.54) is 0 Å². The van der Waals surface area contributed by atoms with Gasteiger partial charge in [0.05, 0.1) is 28.9 Å². The molecule has 0 aliphatic heterocycles. The second-order valence-corrected chi connectivity index (χ2v) is 15.1. The van der Waals surface area contributed by atoms with E-state index in [2.05, 4.69) is 101 Å². The number of rotatable bonds is 16. The van der Waals surface area contributed by atoms with Crippen LogP contribution in [0.1, 0.15) is 22.8 Å². The van der Waals surface area contributed by atoms with Crippen molar-refractivity contribution in [3.05, 3.63) is 169 Å². The van der Waals surface area contributed by atoms with E-state index in [1.54, 1.807) is 0 Å². The molecule has 1 N–H and O–H groups in total. The third-order valence-corrected chi connectivity index (χ3v) is 10.3. The van der Waals surface area contributed by atoms with Crippen LogP contribution in [-0.4, -0.2) is 72.3 Å². The van der Waals surface area contributed by atoms with Crippen molar-refractivity contribution in [1.82, 2.24) is 48.0 Å². The van der Waals surface area contributed by atoms with E-state index in [1.807, 2.05) is 101 Å². The first-order chi connectivity index (χ1) is 28.3. The molecule has 4 heterocycles. The van der Waals surface area contributed by atoms with E-state index < -0.39 is 6.10 Å². The quantitative estimate of drug-likeness (QED) is 0.110. The number of hydrogen-bond donors (Lipinski definition) is 1. The first kappa shape index (κ1) is 38.5. The zero-order chi connectivity index (χ0) is 40.0. The Morgan fingerprint density at radius 1 is 0.397 bits per heavy atom. The number of benzene rings is 4. The van der Waals surface area contributed by atoms with Crippen molar-refractivity contribution < 1.29 is 5.11 Å². The molecule has 4 aromatic carbocycles. The van der Waals surface area contributed by atoms with Crippen molar-refractivity contribution in [2.45, 2.75) is 32.3 Å². The van der Waals surface area contributed by atoms with Gasteiger partial charge in [0.25, 0.3) is 0 Å². The number of nitrogens with zero attached hydrogens (tertiary/aromatic N) is 10. The third kappa shape index (κ3) is 9.08. The fourth-order valence-corrected chi connectivity index (χ4v) is 7.78. The van der Waals surface area contributed by atoms with E-state index in [9.17, 15) is 5.11 Å². The molecule has 0 aliphatic rings. The number of aliphatic hydroxyl groups excluding tert-OH is 1. The molecule has 8 rings (SSSR count). The molecule has 0 bridgehead atoms. The Labute approximate surface area is 340 Å². The second kappa shape index (κ2) is 17.4. The third-order valence-electron chi connectivity index (χ3n) is 10.3. The molecule has 11 heteroatoms. The number of aryl methyl sites for hydroxylation is 4. The summed E-state index contributed by atoms with van der Waals surface area (Å²) in [4.78, 5) is 24.8. The highest BCUT2D eigenvalue weighted by molar-refractivity contribution is 5.58. The van der Waals surface area contributed by atoms with Crippen LogP contribution >= 0.6 is 0 Å². The van der Waals surface area contributed by atoms with Crippen molar-refractivity contribution in [2.24, 2.45) is 28.2 Å². The average Bonchev–Trinajstić information content (AvgIpc) is 4.00. The van der Waals surface area contributed by atoms with Crippen LogP contribution in [0.4, 0.5) is 0 Å². The lowest BCUT2D eigenvalue weighted by Gasteiger charge is -2.28. The lowest BCUT2D eigenvalue weighted by Crippen LogP contribution is -2.39. The predicted molar refractivity (Wildman–Crippen MR) is 229 cm³/mol. The van der Waals surface area contributed by atoms with Gasteiger partial charge >= 0.3 is 0 Å².